The zero-order valence-corrected chi connectivity index (χ0v) is 15.1. The summed E-state index contributed by atoms with van der Waals surface area (Å²) in [5, 5.41) is 7.39. The van der Waals surface area contributed by atoms with Gasteiger partial charge in [-0.2, -0.15) is 5.12 Å². The van der Waals surface area contributed by atoms with Gasteiger partial charge in [0.15, 0.2) is 0 Å². The first-order chi connectivity index (χ1) is 13.3. The fourth-order valence-electron chi connectivity index (χ4n) is 2.90. The van der Waals surface area contributed by atoms with E-state index < -0.39 is 0 Å². The molecule has 4 aromatic rings. The maximum absolute atomic E-state index is 13.1. The van der Waals surface area contributed by atoms with Gasteiger partial charge < -0.3 is 0 Å². The van der Waals surface area contributed by atoms with Gasteiger partial charge in [0.05, 0.1) is 11.1 Å². The Labute approximate surface area is 161 Å². The van der Waals surface area contributed by atoms with E-state index in [-0.39, 0.29) is 5.56 Å². The van der Waals surface area contributed by atoms with Crippen molar-refractivity contribution in [2.45, 2.75) is 0 Å². The molecule has 6 heteroatoms. The van der Waals surface area contributed by atoms with Crippen LogP contribution < -0.4 is 16.1 Å². The van der Waals surface area contributed by atoms with Crippen LogP contribution in [0.3, 0.4) is 0 Å². The van der Waals surface area contributed by atoms with Crippen molar-refractivity contribution in [3.63, 3.8) is 0 Å². The first kappa shape index (κ1) is 16.9. The molecule has 0 saturated heterocycles. The molecule has 5 nitrogen and oxygen atoms in total. The van der Waals surface area contributed by atoms with E-state index >= 15 is 0 Å². The van der Waals surface area contributed by atoms with Gasteiger partial charge in [-0.3, -0.25) is 10.2 Å². The fourth-order valence-corrected chi connectivity index (χ4v) is 3.04. The van der Waals surface area contributed by atoms with Gasteiger partial charge >= 0.3 is 0 Å². The normalized spacial score (nSPS) is 10.5. The number of hydrogen-bond acceptors (Lipinski definition) is 4. The molecule has 0 bridgehead atoms. The fraction of sp³-hybridized carbons (Fsp3) is 0. The molecule has 0 unspecified atom stereocenters. The number of benzene rings is 3. The number of nitrogens with zero attached hydrogens (tertiary/aromatic N) is 3. The second-order valence-corrected chi connectivity index (χ2v) is 6.09. The summed E-state index contributed by atoms with van der Waals surface area (Å²) in [4.78, 5) is 14.3. The lowest BCUT2D eigenvalue weighted by Crippen LogP contribution is -2.46. The van der Waals surface area contributed by atoms with E-state index in [0.29, 0.717) is 11.1 Å². The molecule has 0 saturated carbocycles. The van der Waals surface area contributed by atoms with Crippen LogP contribution in [-0.4, -0.2) is 15.4 Å². The van der Waals surface area contributed by atoms with Crippen molar-refractivity contribution >= 4 is 34.2 Å². The highest BCUT2D eigenvalue weighted by Crippen LogP contribution is 2.24. The molecule has 0 radical (unpaired) electrons. The molecule has 132 valence electrons. The summed E-state index contributed by atoms with van der Waals surface area (Å²) in [5.74, 6) is 0. The van der Waals surface area contributed by atoms with Crippen molar-refractivity contribution in [3.05, 3.63) is 95.3 Å². The predicted molar refractivity (Wildman–Crippen MR) is 113 cm³/mol. The van der Waals surface area contributed by atoms with E-state index in [4.69, 9.17) is 12.2 Å². The Balaban J connectivity index is 1.91. The van der Waals surface area contributed by atoms with Crippen LogP contribution in [0.15, 0.2) is 89.7 Å². The molecule has 0 atom stereocenters. The summed E-state index contributed by atoms with van der Waals surface area (Å²) in [6.45, 7) is 0. The third kappa shape index (κ3) is 3.30. The largest absolute Gasteiger partial charge is 0.295 e. The summed E-state index contributed by atoms with van der Waals surface area (Å²) in [7, 11) is 0. The van der Waals surface area contributed by atoms with Crippen molar-refractivity contribution in [2.24, 2.45) is 0 Å². The Bertz CT molecular complexity index is 1140. The highest BCUT2D eigenvalue weighted by molar-refractivity contribution is 7.79. The van der Waals surface area contributed by atoms with Gasteiger partial charge in [0.2, 0.25) is 0 Å². The molecule has 0 aliphatic carbocycles. The molecule has 27 heavy (non-hydrogen) atoms. The lowest BCUT2D eigenvalue weighted by Gasteiger charge is -2.22. The highest BCUT2D eigenvalue weighted by atomic mass is 32.1. The lowest BCUT2D eigenvalue weighted by molar-refractivity contribution is 0.658. The molecule has 4 rings (SSSR count). The van der Waals surface area contributed by atoms with E-state index in [0.717, 1.165) is 16.6 Å². The standard InChI is InChI=1S/C21H16N4OS/c26-21-19-14-8-7-13-18(19)20(16-9-3-1-4-10-16)23-25(21)24(15-27)22-17-11-5-2-6-12-17/h1-15,22H. The Morgan fingerprint density at radius 3 is 2.11 bits per heavy atom. The summed E-state index contributed by atoms with van der Waals surface area (Å²) < 4.78 is 0. The molecule has 1 heterocycles. The number of rotatable bonds is 5. The number of hydrogen-bond donors (Lipinski definition) is 1. The minimum Gasteiger partial charge on any atom is -0.278 e. The maximum atomic E-state index is 13.1. The van der Waals surface area contributed by atoms with Gasteiger partial charge in [0, 0.05) is 10.9 Å². The van der Waals surface area contributed by atoms with E-state index in [2.05, 4.69) is 10.5 Å². The number of fused-ring (bicyclic) bond motifs is 1. The van der Waals surface area contributed by atoms with Crippen LogP contribution in [0.25, 0.3) is 22.0 Å². The average Bonchev–Trinajstić information content (AvgIpc) is 2.74. The first-order valence-electron chi connectivity index (χ1n) is 8.42. The van der Waals surface area contributed by atoms with Crippen molar-refractivity contribution < 1.29 is 0 Å². The number of aromatic nitrogens is 2. The van der Waals surface area contributed by atoms with Crippen molar-refractivity contribution in [2.75, 3.05) is 10.5 Å². The van der Waals surface area contributed by atoms with E-state index in [1.165, 1.54) is 15.4 Å². The number of hydrazine groups is 1. The summed E-state index contributed by atoms with van der Waals surface area (Å²) in [6, 6.07) is 26.7. The Morgan fingerprint density at radius 1 is 0.852 bits per heavy atom. The number of thiocarbonyl (C=S) groups is 1. The van der Waals surface area contributed by atoms with Gasteiger partial charge in [0.25, 0.3) is 5.56 Å². The third-order valence-corrected chi connectivity index (χ3v) is 4.36. The van der Waals surface area contributed by atoms with E-state index in [1.54, 1.807) is 6.07 Å². The van der Waals surface area contributed by atoms with Crippen molar-refractivity contribution in [1.29, 1.82) is 0 Å². The predicted octanol–water partition coefficient (Wildman–Crippen LogP) is 3.99. The monoisotopic (exact) mass is 372 g/mol. The van der Waals surface area contributed by atoms with Gasteiger partial charge in [0.1, 0.15) is 11.2 Å². The van der Waals surface area contributed by atoms with Crippen LogP contribution in [0.2, 0.25) is 0 Å². The van der Waals surface area contributed by atoms with Crippen LogP contribution in [0, 0.1) is 0 Å². The SMILES string of the molecule is O=c1c2ccccc2c(-c2ccccc2)nn1N(C=S)Nc1ccccc1. The Morgan fingerprint density at radius 2 is 1.44 bits per heavy atom. The number of anilines is 1. The molecular formula is C21H16N4OS. The van der Waals surface area contributed by atoms with Gasteiger partial charge in [-0.25, -0.2) is 0 Å². The van der Waals surface area contributed by atoms with Gasteiger partial charge in [-0.1, -0.05) is 78.9 Å². The van der Waals surface area contributed by atoms with Crippen molar-refractivity contribution in [3.8, 4) is 11.3 Å². The molecule has 0 fully saturated rings. The summed E-state index contributed by atoms with van der Waals surface area (Å²) in [6.07, 6.45) is 0. The zero-order chi connectivity index (χ0) is 18.6. The number of nitrogens with one attached hydrogen (secondary N) is 1. The summed E-state index contributed by atoms with van der Waals surface area (Å²) >= 11 is 5.14. The molecule has 1 N–H and O–H groups in total. The van der Waals surface area contributed by atoms with Crippen LogP contribution in [0.1, 0.15) is 0 Å². The van der Waals surface area contributed by atoms with E-state index in [9.17, 15) is 4.79 Å². The Hall–Kier alpha value is -3.51. The van der Waals surface area contributed by atoms with Crippen LogP contribution in [0.4, 0.5) is 5.69 Å². The van der Waals surface area contributed by atoms with Crippen LogP contribution in [-0.2, 0) is 0 Å². The minimum atomic E-state index is -0.255. The van der Waals surface area contributed by atoms with Crippen molar-refractivity contribution in [1.82, 2.24) is 9.89 Å². The average molecular weight is 372 g/mol. The molecule has 0 aliphatic heterocycles. The third-order valence-electron chi connectivity index (χ3n) is 4.16. The molecular weight excluding hydrogens is 356 g/mol. The second-order valence-electron chi connectivity index (χ2n) is 5.88. The van der Waals surface area contributed by atoms with Crippen LogP contribution >= 0.6 is 12.2 Å². The molecule has 1 aromatic heterocycles. The number of para-hydroxylation sites is 1. The molecule has 0 aliphatic rings. The zero-order valence-electron chi connectivity index (χ0n) is 14.3. The lowest BCUT2D eigenvalue weighted by atomic mass is 10.1. The highest BCUT2D eigenvalue weighted by Gasteiger charge is 2.15. The summed E-state index contributed by atoms with van der Waals surface area (Å²) in [5.41, 5.74) is 6.63. The molecule has 3 aromatic carbocycles. The quantitative estimate of drug-likeness (QED) is 0.424. The topological polar surface area (TPSA) is 50.2 Å². The smallest absolute Gasteiger partial charge is 0.278 e. The second kappa shape index (κ2) is 7.39. The molecule has 0 amide bonds. The van der Waals surface area contributed by atoms with Gasteiger partial charge in [-0.15, -0.1) is 9.89 Å². The Kier molecular flexibility index (Phi) is 4.63. The maximum Gasteiger partial charge on any atom is 0.295 e. The van der Waals surface area contributed by atoms with E-state index in [1.807, 2.05) is 78.9 Å². The van der Waals surface area contributed by atoms with Gasteiger partial charge in [-0.05, 0) is 18.2 Å². The van der Waals surface area contributed by atoms with Crippen LogP contribution in [0.5, 0.6) is 0 Å². The first-order valence-corrected chi connectivity index (χ1v) is 8.89. The minimum absolute atomic E-state index is 0.255. The molecule has 0 spiro atoms.